The Kier molecular flexibility index (Phi) is 4.08. The molecular formula is C13H12BrNO5. The predicted molar refractivity (Wildman–Crippen MR) is 72.5 cm³/mol. The van der Waals surface area contributed by atoms with E-state index in [0.29, 0.717) is 5.33 Å². The van der Waals surface area contributed by atoms with E-state index in [0.717, 1.165) is 5.56 Å². The zero-order valence-corrected chi connectivity index (χ0v) is 12.0. The van der Waals surface area contributed by atoms with Crippen LogP contribution in [0, 0.1) is 0 Å². The van der Waals surface area contributed by atoms with Gasteiger partial charge in [-0.05, 0) is 17.7 Å². The topological polar surface area (TPSA) is 92.7 Å². The first-order valence-electron chi connectivity index (χ1n) is 5.89. The number of carbonyl (C=O) groups is 3. The Bertz CT molecular complexity index is 556. The van der Waals surface area contributed by atoms with Crippen LogP contribution in [0.5, 0.6) is 5.75 Å². The van der Waals surface area contributed by atoms with Gasteiger partial charge in [-0.15, -0.1) is 0 Å². The Morgan fingerprint density at radius 1 is 1.35 bits per heavy atom. The number of halogens is 1. The number of nitrogens with one attached hydrogen (secondary N) is 1. The Morgan fingerprint density at radius 3 is 2.50 bits per heavy atom. The fourth-order valence-electron chi connectivity index (χ4n) is 1.89. The summed E-state index contributed by atoms with van der Waals surface area (Å²) in [6.07, 6.45) is -0.259. The van der Waals surface area contributed by atoms with Gasteiger partial charge in [0.2, 0.25) is 5.91 Å². The van der Waals surface area contributed by atoms with Crippen LogP contribution < -0.4 is 10.1 Å². The molecule has 0 spiro atoms. The first-order chi connectivity index (χ1) is 9.48. The molecule has 0 saturated carbocycles. The molecule has 1 unspecified atom stereocenters. The first kappa shape index (κ1) is 14.5. The summed E-state index contributed by atoms with van der Waals surface area (Å²) in [6, 6.07) is 6.69. The molecule has 2 rings (SSSR count). The second-order valence-corrected chi connectivity index (χ2v) is 4.95. The largest absolute Gasteiger partial charge is 0.478 e. The van der Waals surface area contributed by atoms with E-state index in [2.05, 4.69) is 15.9 Å². The number of amides is 2. The SMILES string of the molecule is O=C1CCC(Oc2ccc(CBr)cc2)(C(=O)O)C(=O)N1. The Labute approximate surface area is 123 Å². The summed E-state index contributed by atoms with van der Waals surface area (Å²) in [5.74, 6) is -2.58. The lowest BCUT2D eigenvalue weighted by molar-refractivity contribution is -0.167. The summed E-state index contributed by atoms with van der Waals surface area (Å²) in [4.78, 5) is 34.4. The van der Waals surface area contributed by atoms with Gasteiger partial charge < -0.3 is 9.84 Å². The average molecular weight is 342 g/mol. The standard InChI is InChI=1S/C13H12BrNO5/c14-7-8-1-3-9(4-2-8)20-13(12(18)19)6-5-10(16)15-11(13)17/h1-4H,5-7H2,(H,18,19)(H,15,16,17). The van der Waals surface area contributed by atoms with Crippen LogP contribution in [0.15, 0.2) is 24.3 Å². The van der Waals surface area contributed by atoms with Crippen LogP contribution in [-0.2, 0) is 19.7 Å². The monoisotopic (exact) mass is 341 g/mol. The van der Waals surface area contributed by atoms with E-state index in [1.807, 2.05) is 5.32 Å². The number of alkyl halides is 1. The molecule has 1 aromatic rings. The van der Waals surface area contributed by atoms with Crippen LogP contribution >= 0.6 is 15.9 Å². The minimum absolute atomic E-state index is 0.0719. The highest BCUT2D eigenvalue weighted by Crippen LogP contribution is 2.27. The molecule has 2 N–H and O–H groups in total. The third-order valence-electron chi connectivity index (χ3n) is 3.04. The minimum atomic E-state index is -2.05. The van der Waals surface area contributed by atoms with Gasteiger partial charge in [-0.2, -0.15) is 0 Å². The quantitative estimate of drug-likeness (QED) is 0.488. The molecular weight excluding hydrogens is 330 g/mol. The zero-order valence-electron chi connectivity index (χ0n) is 10.4. The molecule has 1 fully saturated rings. The lowest BCUT2D eigenvalue weighted by Crippen LogP contribution is -2.61. The maximum atomic E-state index is 11.9. The van der Waals surface area contributed by atoms with Crippen LogP contribution in [0.25, 0.3) is 0 Å². The van der Waals surface area contributed by atoms with Gasteiger partial charge in [0.25, 0.3) is 11.5 Å². The summed E-state index contributed by atoms with van der Waals surface area (Å²) in [6.45, 7) is 0. The number of carboxylic acid groups (broad SMARTS) is 1. The lowest BCUT2D eigenvalue weighted by atomic mass is 9.92. The Morgan fingerprint density at radius 2 is 2.00 bits per heavy atom. The van der Waals surface area contributed by atoms with Crippen molar-refractivity contribution in [3.05, 3.63) is 29.8 Å². The highest BCUT2D eigenvalue weighted by Gasteiger charge is 2.52. The van der Waals surface area contributed by atoms with Gasteiger partial charge in [0.1, 0.15) is 5.75 Å². The molecule has 1 heterocycles. The zero-order chi connectivity index (χ0) is 14.8. The van der Waals surface area contributed by atoms with Crippen molar-refractivity contribution in [1.82, 2.24) is 5.32 Å². The van der Waals surface area contributed by atoms with Gasteiger partial charge >= 0.3 is 5.97 Å². The van der Waals surface area contributed by atoms with Crippen LogP contribution in [-0.4, -0.2) is 28.5 Å². The van der Waals surface area contributed by atoms with E-state index >= 15 is 0 Å². The van der Waals surface area contributed by atoms with Crippen LogP contribution in [0.2, 0.25) is 0 Å². The van der Waals surface area contributed by atoms with Crippen molar-refractivity contribution in [3.63, 3.8) is 0 Å². The van der Waals surface area contributed by atoms with Crippen molar-refractivity contribution in [2.75, 3.05) is 0 Å². The second-order valence-electron chi connectivity index (χ2n) is 4.39. The third-order valence-corrected chi connectivity index (χ3v) is 3.69. The van der Waals surface area contributed by atoms with E-state index < -0.39 is 23.4 Å². The number of carbonyl (C=O) groups excluding carboxylic acids is 2. The Hall–Kier alpha value is -1.89. The number of carboxylic acids is 1. The van der Waals surface area contributed by atoms with E-state index in [4.69, 9.17) is 4.74 Å². The summed E-state index contributed by atoms with van der Waals surface area (Å²) in [5, 5.41) is 12.0. The predicted octanol–water partition coefficient (Wildman–Crippen LogP) is 1.22. The number of ether oxygens (including phenoxy) is 1. The number of hydrogen-bond acceptors (Lipinski definition) is 4. The fraction of sp³-hybridized carbons (Fsp3) is 0.308. The smallest absolute Gasteiger partial charge is 0.358 e. The number of imide groups is 1. The maximum Gasteiger partial charge on any atom is 0.358 e. The van der Waals surface area contributed by atoms with Gasteiger partial charge in [-0.25, -0.2) is 4.79 Å². The van der Waals surface area contributed by atoms with E-state index in [9.17, 15) is 19.5 Å². The first-order valence-corrected chi connectivity index (χ1v) is 7.01. The summed E-state index contributed by atoms with van der Waals surface area (Å²) in [7, 11) is 0. The second kappa shape index (κ2) is 5.62. The molecule has 2 amide bonds. The third kappa shape index (κ3) is 2.67. The average Bonchev–Trinajstić information content (AvgIpc) is 2.42. The maximum absolute atomic E-state index is 11.9. The summed E-state index contributed by atoms with van der Waals surface area (Å²) < 4.78 is 5.39. The van der Waals surface area contributed by atoms with Crippen molar-refractivity contribution in [2.45, 2.75) is 23.8 Å². The van der Waals surface area contributed by atoms with Gasteiger partial charge in [-0.3, -0.25) is 14.9 Å². The molecule has 0 radical (unpaired) electrons. The molecule has 1 aromatic carbocycles. The van der Waals surface area contributed by atoms with Gasteiger partial charge in [-0.1, -0.05) is 28.1 Å². The fourth-order valence-corrected chi connectivity index (χ4v) is 2.26. The van der Waals surface area contributed by atoms with E-state index in [1.165, 1.54) is 0 Å². The van der Waals surface area contributed by atoms with Crippen molar-refractivity contribution in [2.24, 2.45) is 0 Å². The van der Waals surface area contributed by atoms with E-state index in [1.54, 1.807) is 24.3 Å². The highest BCUT2D eigenvalue weighted by atomic mass is 79.9. The van der Waals surface area contributed by atoms with Crippen molar-refractivity contribution in [1.29, 1.82) is 0 Å². The van der Waals surface area contributed by atoms with Gasteiger partial charge in [0.05, 0.1) is 0 Å². The molecule has 0 aromatic heterocycles. The highest BCUT2D eigenvalue weighted by molar-refractivity contribution is 9.08. The van der Waals surface area contributed by atoms with Crippen molar-refractivity contribution in [3.8, 4) is 5.75 Å². The molecule has 6 nitrogen and oxygen atoms in total. The molecule has 1 atom stereocenters. The summed E-state index contributed by atoms with van der Waals surface area (Å²) in [5.41, 5.74) is -1.06. The molecule has 1 aliphatic heterocycles. The molecule has 106 valence electrons. The number of aliphatic carboxylic acids is 1. The molecule has 0 aliphatic carbocycles. The lowest BCUT2D eigenvalue weighted by Gasteiger charge is -2.31. The normalized spacial score (nSPS) is 22.2. The molecule has 1 aliphatic rings. The molecule has 7 heteroatoms. The van der Waals surface area contributed by atoms with Crippen LogP contribution in [0.4, 0.5) is 0 Å². The number of piperidine rings is 1. The van der Waals surface area contributed by atoms with Crippen molar-refractivity contribution >= 4 is 33.7 Å². The van der Waals surface area contributed by atoms with Gasteiger partial charge in [0, 0.05) is 18.2 Å². The molecule has 1 saturated heterocycles. The van der Waals surface area contributed by atoms with Crippen LogP contribution in [0.3, 0.4) is 0 Å². The van der Waals surface area contributed by atoms with Crippen molar-refractivity contribution < 1.29 is 24.2 Å². The minimum Gasteiger partial charge on any atom is -0.478 e. The summed E-state index contributed by atoms with van der Waals surface area (Å²) >= 11 is 3.29. The number of hydrogen-bond donors (Lipinski definition) is 2. The molecule has 20 heavy (non-hydrogen) atoms. The molecule has 0 bridgehead atoms. The van der Waals surface area contributed by atoms with E-state index in [-0.39, 0.29) is 18.6 Å². The van der Waals surface area contributed by atoms with Crippen LogP contribution in [0.1, 0.15) is 18.4 Å². The Balaban J connectivity index is 2.27. The number of benzene rings is 1. The number of rotatable bonds is 4. The van der Waals surface area contributed by atoms with Gasteiger partial charge in [0.15, 0.2) is 0 Å².